The molecule has 0 radical (unpaired) electrons. The Morgan fingerprint density at radius 1 is 1.35 bits per heavy atom. The summed E-state index contributed by atoms with van der Waals surface area (Å²) in [5.74, 6) is -1.29. The van der Waals surface area contributed by atoms with E-state index < -0.39 is 23.5 Å². The Kier molecular flexibility index (Phi) is 5.55. The van der Waals surface area contributed by atoms with E-state index in [0.717, 1.165) is 17.4 Å². The average molecular weight is 431 g/mol. The molecule has 2 aromatic heterocycles. The molecule has 4 rings (SSSR count). The number of nitrogens with zero attached hydrogens (tertiary/aromatic N) is 4. The van der Waals surface area contributed by atoms with Gasteiger partial charge in [0.25, 0.3) is 11.5 Å². The van der Waals surface area contributed by atoms with Crippen LogP contribution in [0.25, 0.3) is 11.7 Å². The van der Waals surface area contributed by atoms with Crippen molar-refractivity contribution in [3.05, 3.63) is 33.8 Å². The molecule has 1 aliphatic heterocycles. The molecule has 2 aromatic rings. The number of aromatic nitrogens is 3. The number of amides is 2. The Hall–Kier alpha value is -3.17. The van der Waals surface area contributed by atoms with Crippen LogP contribution in [0.5, 0.6) is 5.88 Å². The third-order valence-corrected chi connectivity index (χ3v) is 5.45. The van der Waals surface area contributed by atoms with Crippen molar-refractivity contribution in [2.24, 2.45) is 5.92 Å². The fourth-order valence-corrected chi connectivity index (χ4v) is 3.73. The van der Waals surface area contributed by atoms with Crippen molar-refractivity contribution in [3.8, 4) is 5.88 Å². The van der Waals surface area contributed by atoms with Gasteiger partial charge in [0.1, 0.15) is 11.8 Å². The van der Waals surface area contributed by atoms with Crippen molar-refractivity contribution in [1.82, 2.24) is 24.4 Å². The fourth-order valence-electron chi connectivity index (χ4n) is 3.73. The number of aromatic hydroxyl groups is 1. The first-order valence-corrected chi connectivity index (χ1v) is 10.5. The van der Waals surface area contributed by atoms with Gasteiger partial charge in [-0.2, -0.15) is 9.61 Å². The highest BCUT2D eigenvalue weighted by Gasteiger charge is 2.30. The first kappa shape index (κ1) is 21.1. The number of hydrogen-bond acceptors (Lipinski definition) is 5. The van der Waals surface area contributed by atoms with Crippen LogP contribution >= 0.6 is 0 Å². The van der Waals surface area contributed by atoms with Crippen LogP contribution in [0.15, 0.2) is 17.1 Å². The molecule has 166 valence electrons. The zero-order chi connectivity index (χ0) is 22.3. The Bertz CT molecular complexity index is 1120. The first-order chi connectivity index (χ1) is 14.8. The van der Waals surface area contributed by atoms with Gasteiger partial charge in [0.05, 0.1) is 12.7 Å². The molecule has 10 heteroatoms. The second kappa shape index (κ2) is 8.16. The molecule has 2 aliphatic rings. The molecule has 1 aliphatic carbocycles. The van der Waals surface area contributed by atoms with E-state index in [1.165, 1.54) is 27.8 Å². The quantitative estimate of drug-likeness (QED) is 0.671. The lowest BCUT2D eigenvalue weighted by Gasteiger charge is -2.17. The van der Waals surface area contributed by atoms with E-state index in [9.17, 15) is 23.9 Å². The summed E-state index contributed by atoms with van der Waals surface area (Å²) in [6, 6.07) is 0.0252. The van der Waals surface area contributed by atoms with Crippen LogP contribution in [0.1, 0.15) is 49.0 Å². The van der Waals surface area contributed by atoms with E-state index in [2.05, 4.69) is 10.4 Å². The van der Waals surface area contributed by atoms with Gasteiger partial charge in [-0.15, -0.1) is 0 Å². The molecule has 2 amide bonds. The number of likely N-dealkylation sites (tertiary alicyclic amines) is 1. The van der Waals surface area contributed by atoms with Crippen molar-refractivity contribution in [1.29, 1.82) is 0 Å². The lowest BCUT2D eigenvalue weighted by Crippen LogP contribution is -2.34. The van der Waals surface area contributed by atoms with E-state index in [1.54, 1.807) is 0 Å². The van der Waals surface area contributed by atoms with Gasteiger partial charge >= 0.3 is 0 Å². The summed E-state index contributed by atoms with van der Waals surface area (Å²) < 4.78 is 15.9. The highest BCUT2D eigenvalue weighted by atomic mass is 19.1. The minimum Gasteiger partial charge on any atom is -0.494 e. The third-order valence-electron chi connectivity index (χ3n) is 5.45. The predicted molar refractivity (Wildman–Crippen MR) is 112 cm³/mol. The van der Waals surface area contributed by atoms with Gasteiger partial charge in [-0.05, 0) is 31.3 Å². The molecule has 0 aromatic carbocycles. The molecular formula is C21H26FN5O4. The molecule has 1 saturated heterocycles. The molecule has 31 heavy (non-hydrogen) atoms. The number of carbonyl (C=O) groups is 2. The third kappa shape index (κ3) is 4.19. The lowest BCUT2D eigenvalue weighted by atomic mass is 10.2. The van der Waals surface area contributed by atoms with Crippen molar-refractivity contribution >= 4 is 23.5 Å². The standard InChI is InChI=1S/C21H26FN5O4/c1-12(2)10-26-19-13(3-6-16(28)25-8-7-14(22)11-25)9-23-27(19)21(31)17(20(26)30)18(29)24-15-4-5-15/h3,6,9,12,14-15,30H,4-5,7-8,10-11H2,1-2H3,(H,24,29)/b6-3+/t14-/m1/s1. The molecule has 0 spiro atoms. The summed E-state index contributed by atoms with van der Waals surface area (Å²) >= 11 is 0. The van der Waals surface area contributed by atoms with E-state index in [0.29, 0.717) is 25.1 Å². The van der Waals surface area contributed by atoms with E-state index in [1.807, 2.05) is 13.8 Å². The van der Waals surface area contributed by atoms with Gasteiger partial charge in [0.15, 0.2) is 5.56 Å². The van der Waals surface area contributed by atoms with E-state index >= 15 is 0 Å². The van der Waals surface area contributed by atoms with Gasteiger partial charge in [0, 0.05) is 30.8 Å². The van der Waals surface area contributed by atoms with E-state index in [4.69, 9.17) is 0 Å². The molecule has 2 fully saturated rings. The second-order valence-electron chi connectivity index (χ2n) is 8.59. The molecular weight excluding hydrogens is 405 g/mol. The topological polar surface area (TPSA) is 109 Å². The Balaban J connectivity index is 1.75. The Morgan fingerprint density at radius 2 is 2.10 bits per heavy atom. The second-order valence-corrected chi connectivity index (χ2v) is 8.59. The monoisotopic (exact) mass is 431 g/mol. The fraction of sp³-hybridized carbons (Fsp3) is 0.524. The summed E-state index contributed by atoms with van der Waals surface area (Å²) in [5, 5.41) is 17.7. The zero-order valence-corrected chi connectivity index (χ0v) is 17.5. The van der Waals surface area contributed by atoms with Crippen LogP contribution in [0, 0.1) is 5.92 Å². The zero-order valence-electron chi connectivity index (χ0n) is 17.5. The molecule has 0 bridgehead atoms. The smallest absolute Gasteiger partial charge is 0.291 e. The SMILES string of the molecule is CC(C)Cn1c(O)c(C(=O)NC2CC2)c(=O)n2ncc(/C=C/C(=O)N3CC[C@@H](F)C3)c12. The Labute approximate surface area is 178 Å². The summed E-state index contributed by atoms with van der Waals surface area (Å²) in [6.45, 7) is 4.63. The summed E-state index contributed by atoms with van der Waals surface area (Å²) in [5.41, 5.74) is -0.350. The summed E-state index contributed by atoms with van der Waals surface area (Å²) in [7, 11) is 0. The molecule has 1 atom stereocenters. The average Bonchev–Trinajstić information content (AvgIpc) is 3.24. The maximum absolute atomic E-state index is 13.4. The number of nitrogens with one attached hydrogen (secondary N) is 1. The molecule has 0 unspecified atom stereocenters. The van der Waals surface area contributed by atoms with Gasteiger partial charge in [0.2, 0.25) is 11.8 Å². The number of alkyl halides is 1. The summed E-state index contributed by atoms with van der Waals surface area (Å²) in [6.07, 6.45) is 5.22. The maximum atomic E-state index is 13.4. The van der Waals surface area contributed by atoms with Crippen molar-refractivity contribution < 1.29 is 19.1 Å². The van der Waals surface area contributed by atoms with Crippen LogP contribution in [0.4, 0.5) is 4.39 Å². The molecule has 9 nitrogen and oxygen atoms in total. The van der Waals surface area contributed by atoms with Crippen LogP contribution in [0.2, 0.25) is 0 Å². The van der Waals surface area contributed by atoms with E-state index in [-0.39, 0.29) is 35.6 Å². The van der Waals surface area contributed by atoms with Crippen molar-refractivity contribution in [2.75, 3.05) is 13.1 Å². The number of carbonyl (C=O) groups excluding carboxylic acids is 2. The van der Waals surface area contributed by atoms with Crippen LogP contribution < -0.4 is 10.9 Å². The lowest BCUT2D eigenvalue weighted by molar-refractivity contribution is -0.125. The minimum atomic E-state index is -1.01. The largest absolute Gasteiger partial charge is 0.494 e. The van der Waals surface area contributed by atoms with Crippen molar-refractivity contribution in [3.63, 3.8) is 0 Å². The predicted octanol–water partition coefficient (Wildman–Crippen LogP) is 1.33. The highest BCUT2D eigenvalue weighted by molar-refractivity contribution is 5.97. The minimum absolute atomic E-state index is 0.0252. The van der Waals surface area contributed by atoms with Gasteiger partial charge in [-0.1, -0.05) is 13.8 Å². The van der Waals surface area contributed by atoms with Crippen molar-refractivity contribution in [2.45, 2.75) is 51.9 Å². The molecule has 2 N–H and O–H groups in total. The van der Waals surface area contributed by atoms with Crippen LogP contribution in [0.3, 0.4) is 0 Å². The van der Waals surface area contributed by atoms with Gasteiger partial charge in [-0.3, -0.25) is 19.0 Å². The Morgan fingerprint density at radius 3 is 2.71 bits per heavy atom. The number of halogens is 1. The normalized spacial score (nSPS) is 19.1. The number of fused-ring (bicyclic) bond motifs is 1. The number of rotatable bonds is 6. The van der Waals surface area contributed by atoms with Crippen LogP contribution in [-0.2, 0) is 11.3 Å². The van der Waals surface area contributed by atoms with Crippen LogP contribution in [-0.4, -0.2) is 61.3 Å². The molecule has 1 saturated carbocycles. The molecule has 3 heterocycles. The maximum Gasteiger partial charge on any atom is 0.291 e. The summed E-state index contributed by atoms with van der Waals surface area (Å²) in [4.78, 5) is 39.3. The van der Waals surface area contributed by atoms with Gasteiger partial charge in [-0.25, -0.2) is 4.39 Å². The number of hydrogen-bond donors (Lipinski definition) is 2. The van der Waals surface area contributed by atoms with Gasteiger partial charge < -0.3 is 15.3 Å². The first-order valence-electron chi connectivity index (χ1n) is 10.5. The highest BCUT2D eigenvalue weighted by Crippen LogP contribution is 2.24.